The summed E-state index contributed by atoms with van der Waals surface area (Å²) in [7, 11) is 0. The summed E-state index contributed by atoms with van der Waals surface area (Å²) in [4.78, 5) is 2.24. The Bertz CT molecular complexity index is 323. The molecule has 1 heterocycles. The van der Waals surface area contributed by atoms with Gasteiger partial charge in [0.05, 0.1) is 6.10 Å². The molecule has 1 radical (unpaired) electrons. The summed E-state index contributed by atoms with van der Waals surface area (Å²) >= 11 is 5.81. The molecule has 0 aliphatic carbocycles. The lowest BCUT2D eigenvalue weighted by Gasteiger charge is -2.19. The van der Waals surface area contributed by atoms with E-state index in [1.807, 2.05) is 19.1 Å². The molecule has 0 aromatic heterocycles. The molecule has 2 nitrogen and oxygen atoms in total. The van der Waals surface area contributed by atoms with Gasteiger partial charge in [0.15, 0.2) is 0 Å². The molecule has 2 atom stereocenters. The molecule has 0 saturated carbocycles. The number of aliphatic hydroxyl groups is 1. The standard InChI is InChI=1S/C12H15ClNO/c1-9(15)10-6-7-14(8-10)12-4-2-11(13)3-5-12/h2-4,9-10,15H,6-8H2,1H3. The zero-order valence-electron chi connectivity index (χ0n) is 8.78. The van der Waals surface area contributed by atoms with E-state index in [9.17, 15) is 5.11 Å². The number of anilines is 1. The summed E-state index contributed by atoms with van der Waals surface area (Å²) in [5.74, 6) is 0.383. The first-order chi connectivity index (χ1) is 7.16. The zero-order valence-corrected chi connectivity index (χ0v) is 9.54. The van der Waals surface area contributed by atoms with E-state index >= 15 is 0 Å². The van der Waals surface area contributed by atoms with Crippen LogP contribution in [0.3, 0.4) is 0 Å². The number of hydrogen-bond acceptors (Lipinski definition) is 2. The largest absolute Gasteiger partial charge is 0.393 e. The smallest absolute Gasteiger partial charge is 0.0557 e. The SMILES string of the molecule is CC(O)C1CCN(c2[c]cc(Cl)cc2)C1. The second-order valence-corrected chi connectivity index (χ2v) is 4.56. The van der Waals surface area contributed by atoms with Crippen molar-refractivity contribution in [1.82, 2.24) is 0 Å². The molecule has 1 aliphatic rings. The van der Waals surface area contributed by atoms with Gasteiger partial charge in [0.25, 0.3) is 0 Å². The summed E-state index contributed by atoms with van der Waals surface area (Å²) in [6.45, 7) is 3.77. The highest BCUT2D eigenvalue weighted by molar-refractivity contribution is 6.30. The normalized spacial score (nSPS) is 23.1. The Morgan fingerprint density at radius 1 is 1.60 bits per heavy atom. The summed E-state index contributed by atoms with van der Waals surface area (Å²) in [6, 6.07) is 8.79. The van der Waals surface area contributed by atoms with Gasteiger partial charge in [0.1, 0.15) is 0 Å². The van der Waals surface area contributed by atoms with Crippen LogP contribution < -0.4 is 4.90 Å². The molecule has 0 amide bonds. The van der Waals surface area contributed by atoms with Gasteiger partial charge >= 0.3 is 0 Å². The molecule has 1 aromatic carbocycles. The molecule has 1 aliphatic heterocycles. The average molecular weight is 225 g/mol. The Morgan fingerprint density at radius 3 is 2.93 bits per heavy atom. The van der Waals surface area contributed by atoms with Crippen LogP contribution in [0.5, 0.6) is 0 Å². The Labute approximate surface area is 95.5 Å². The third-order valence-corrected chi connectivity index (χ3v) is 3.24. The van der Waals surface area contributed by atoms with E-state index in [4.69, 9.17) is 11.6 Å². The fourth-order valence-corrected chi connectivity index (χ4v) is 2.11. The Kier molecular flexibility index (Phi) is 3.17. The highest BCUT2D eigenvalue weighted by Gasteiger charge is 2.25. The molecule has 1 aromatic rings. The minimum absolute atomic E-state index is 0.220. The predicted octanol–water partition coefficient (Wildman–Crippen LogP) is 2.35. The van der Waals surface area contributed by atoms with Gasteiger partial charge in [-0.3, -0.25) is 0 Å². The van der Waals surface area contributed by atoms with Crippen molar-refractivity contribution >= 4 is 17.3 Å². The topological polar surface area (TPSA) is 23.5 Å². The van der Waals surface area contributed by atoms with Crippen LogP contribution in [0.2, 0.25) is 5.02 Å². The van der Waals surface area contributed by atoms with Crippen molar-refractivity contribution in [3.8, 4) is 0 Å². The highest BCUT2D eigenvalue weighted by atomic mass is 35.5. The lowest BCUT2D eigenvalue weighted by molar-refractivity contribution is 0.136. The molecule has 1 N–H and O–H groups in total. The summed E-state index contributed by atoms with van der Waals surface area (Å²) in [5.41, 5.74) is 1.07. The molecule has 2 rings (SSSR count). The quantitative estimate of drug-likeness (QED) is 0.834. The second kappa shape index (κ2) is 4.42. The van der Waals surface area contributed by atoms with Crippen molar-refractivity contribution in [2.75, 3.05) is 18.0 Å². The first-order valence-electron chi connectivity index (χ1n) is 5.27. The number of rotatable bonds is 2. The van der Waals surface area contributed by atoms with Crippen molar-refractivity contribution in [2.24, 2.45) is 5.92 Å². The van der Waals surface area contributed by atoms with Crippen LogP contribution in [0.25, 0.3) is 0 Å². The molecular weight excluding hydrogens is 210 g/mol. The van der Waals surface area contributed by atoms with E-state index in [0.717, 1.165) is 25.2 Å². The van der Waals surface area contributed by atoms with Crippen molar-refractivity contribution in [2.45, 2.75) is 19.4 Å². The van der Waals surface area contributed by atoms with E-state index in [1.165, 1.54) is 0 Å². The van der Waals surface area contributed by atoms with Crippen molar-refractivity contribution in [3.63, 3.8) is 0 Å². The number of benzene rings is 1. The average Bonchev–Trinajstić information content (AvgIpc) is 2.68. The molecule has 1 fully saturated rings. The van der Waals surface area contributed by atoms with Crippen LogP contribution >= 0.6 is 11.6 Å². The molecule has 0 spiro atoms. The lowest BCUT2D eigenvalue weighted by atomic mass is 10.0. The molecular formula is C12H15ClNO. The highest BCUT2D eigenvalue weighted by Crippen LogP contribution is 2.26. The van der Waals surface area contributed by atoms with Gasteiger partial charge in [-0.25, -0.2) is 0 Å². The van der Waals surface area contributed by atoms with Crippen LogP contribution in [0.15, 0.2) is 18.2 Å². The van der Waals surface area contributed by atoms with Crippen molar-refractivity contribution in [1.29, 1.82) is 0 Å². The fraction of sp³-hybridized carbons (Fsp3) is 0.500. The van der Waals surface area contributed by atoms with Crippen LogP contribution in [-0.2, 0) is 0 Å². The predicted molar refractivity (Wildman–Crippen MR) is 62.3 cm³/mol. The van der Waals surface area contributed by atoms with E-state index in [0.29, 0.717) is 10.9 Å². The lowest BCUT2D eigenvalue weighted by Crippen LogP contribution is -2.23. The van der Waals surface area contributed by atoms with E-state index in [2.05, 4.69) is 11.0 Å². The maximum absolute atomic E-state index is 9.50. The molecule has 0 bridgehead atoms. The summed E-state index contributed by atoms with van der Waals surface area (Å²) < 4.78 is 0. The molecule has 15 heavy (non-hydrogen) atoms. The van der Waals surface area contributed by atoms with Gasteiger partial charge in [-0.05, 0) is 31.5 Å². The van der Waals surface area contributed by atoms with Crippen LogP contribution in [0.4, 0.5) is 5.69 Å². The number of hydrogen-bond donors (Lipinski definition) is 1. The summed E-state index contributed by atoms with van der Waals surface area (Å²) in [6.07, 6.45) is 0.830. The molecule has 81 valence electrons. The van der Waals surface area contributed by atoms with Gasteiger partial charge in [-0.15, -0.1) is 0 Å². The molecule has 2 unspecified atom stereocenters. The van der Waals surface area contributed by atoms with Gasteiger partial charge < -0.3 is 10.0 Å². The van der Waals surface area contributed by atoms with Crippen LogP contribution in [-0.4, -0.2) is 24.3 Å². The minimum atomic E-state index is -0.220. The maximum Gasteiger partial charge on any atom is 0.0557 e. The number of nitrogens with zero attached hydrogens (tertiary/aromatic N) is 1. The number of aliphatic hydroxyl groups excluding tert-OH is 1. The second-order valence-electron chi connectivity index (χ2n) is 4.13. The van der Waals surface area contributed by atoms with Crippen LogP contribution in [0.1, 0.15) is 13.3 Å². The fourth-order valence-electron chi connectivity index (χ4n) is 1.99. The first kappa shape index (κ1) is 10.8. The third kappa shape index (κ3) is 2.44. The summed E-state index contributed by atoms with van der Waals surface area (Å²) in [5, 5.41) is 10.2. The van der Waals surface area contributed by atoms with Crippen molar-refractivity contribution < 1.29 is 5.11 Å². The monoisotopic (exact) mass is 224 g/mol. The molecule has 1 saturated heterocycles. The van der Waals surface area contributed by atoms with Gasteiger partial charge in [-0.1, -0.05) is 11.6 Å². The molecule has 3 heteroatoms. The first-order valence-corrected chi connectivity index (χ1v) is 5.65. The maximum atomic E-state index is 9.50. The zero-order chi connectivity index (χ0) is 10.8. The number of halogens is 1. The Balaban J connectivity index is 2.04. The van der Waals surface area contributed by atoms with E-state index < -0.39 is 0 Å². The van der Waals surface area contributed by atoms with Gasteiger partial charge in [0.2, 0.25) is 0 Å². The van der Waals surface area contributed by atoms with Gasteiger partial charge in [-0.2, -0.15) is 0 Å². The third-order valence-electron chi connectivity index (χ3n) is 3.01. The van der Waals surface area contributed by atoms with Gasteiger partial charge in [0, 0.05) is 35.8 Å². The van der Waals surface area contributed by atoms with E-state index in [-0.39, 0.29) is 6.10 Å². The van der Waals surface area contributed by atoms with E-state index in [1.54, 1.807) is 6.07 Å². The minimum Gasteiger partial charge on any atom is -0.393 e. The Hall–Kier alpha value is -0.730. The van der Waals surface area contributed by atoms with Crippen molar-refractivity contribution in [3.05, 3.63) is 29.3 Å². The Morgan fingerprint density at radius 2 is 2.40 bits per heavy atom. The van der Waals surface area contributed by atoms with Crippen LogP contribution in [0, 0.1) is 12.0 Å².